The van der Waals surface area contributed by atoms with Crippen LogP contribution in [0.4, 0.5) is 10.8 Å². The molecule has 2 rings (SSSR count). The molecule has 1 heterocycles. The Kier molecular flexibility index (Phi) is 5.20. The predicted octanol–water partition coefficient (Wildman–Crippen LogP) is 0.572. The molecular weight excluding hydrogens is 316 g/mol. The molecule has 0 bridgehead atoms. The molecule has 0 unspecified atom stereocenters. The molecule has 0 fully saturated rings. The molecule has 0 atom stereocenters. The number of aryl methyl sites for hydroxylation is 1. The van der Waals surface area contributed by atoms with E-state index in [9.17, 15) is 4.79 Å². The predicted molar refractivity (Wildman–Crippen MR) is 90.8 cm³/mol. The number of hydrogen-bond donors (Lipinski definition) is 4. The van der Waals surface area contributed by atoms with Crippen molar-refractivity contribution in [2.75, 3.05) is 5.32 Å². The SMILES string of the molecule is CCc1nnc(NC(=O)c2ccccc2N=C(N)N=C(N)N)s1. The molecule has 7 N–H and O–H groups in total. The van der Waals surface area contributed by atoms with Gasteiger partial charge < -0.3 is 17.2 Å². The summed E-state index contributed by atoms with van der Waals surface area (Å²) in [6.07, 6.45) is 0.753. The Labute approximate surface area is 136 Å². The van der Waals surface area contributed by atoms with Gasteiger partial charge in [0.2, 0.25) is 11.1 Å². The zero-order valence-electron chi connectivity index (χ0n) is 12.4. The fraction of sp³-hybridized carbons (Fsp3) is 0.154. The Morgan fingerprint density at radius 2 is 2.00 bits per heavy atom. The highest BCUT2D eigenvalue weighted by molar-refractivity contribution is 7.15. The summed E-state index contributed by atoms with van der Waals surface area (Å²) in [6, 6.07) is 6.67. The molecule has 1 aromatic heterocycles. The number of nitrogens with two attached hydrogens (primary N) is 3. The molecular formula is C13H16N8OS. The number of hydrogen-bond acceptors (Lipinski definition) is 5. The van der Waals surface area contributed by atoms with Gasteiger partial charge in [0.05, 0.1) is 11.3 Å². The largest absolute Gasteiger partial charge is 0.370 e. The molecule has 0 saturated heterocycles. The molecule has 9 nitrogen and oxygen atoms in total. The van der Waals surface area contributed by atoms with Crippen molar-refractivity contribution in [1.82, 2.24) is 10.2 Å². The van der Waals surface area contributed by atoms with Crippen LogP contribution in [0.15, 0.2) is 34.3 Å². The Hall–Kier alpha value is -3.01. The van der Waals surface area contributed by atoms with E-state index in [-0.39, 0.29) is 17.8 Å². The Balaban J connectivity index is 2.25. The number of nitrogens with one attached hydrogen (secondary N) is 1. The third-order valence-electron chi connectivity index (χ3n) is 2.62. The molecule has 2 aromatic rings. The molecule has 0 spiro atoms. The van der Waals surface area contributed by atoms with Crippen molar-refractivity contribution in [3.63, 3.8) is 0 Å². The van der Waals surface area contributed by atoms with Gasteiger partial charge in [0, 0.05) is 0 Å². The van der Waals surface area contributed by atoms with Gasteiger partial charge >= 0.3 is 0 Å². The highest BCUT2D eigenvalue weighted by Gasteiger charge is 2.13. The third-order valence-corrected chi connectivity index (χ3v) is 3.60. The van der Waals surface area contributed by atoms with E-state index in [2.05, 4.69) is 25.5 Å². The normalized spacial score (nSPS) is 11.1. The van der Waals surface area contributed by atoms with Gasteiger partial charge in [0.15, 0.2) is 5.96 Å². The average Bonchev–Trinajstić information content (AvgIpc) is 2.94. The van der Waals surface area contributed by atoms with Crippen LogP contribution >= 0.6 is 11.3 Å². The summed E-state index contributed by atoms with van der Waals surface area (Å²) < 4.78 is 0. The first-order chi connectivity index (χ1) is 11.0. The van der Waals surface area contributed by atoms with Gasteiger partial charge in [0.1, 0.15) is 5.01 Å². The lowest BCUT2D eigenvalue weighted by Crippen LogP contribution is -2.26. The topological polar surface area (TPSA) is 158 Å². The molecule has 0 saturated carbocycles. The molecule has 0 radical (unpaired) electrons. The molecule has 10 heteroatoms. The van der Waals surface area contributed by atoms with E-state index >= 15 is 0 Å². The second-order valence-electron chi connectivity index (χ2n) is 4.33. The van der Waals surface area contributed by atoms with Crippen LogP contribution in [-0.2, 0) is 6.42 Å². The minimum atomic E-state index is -0.374. The highest BCUT2D eigenvalue weighted by Crippen LogP contribution is 2.22. The first kappa shape index (κ1) is 16.4. The van der Waals surface area contributed by atoms with E-state index in [0.29, 0.717) is 16.4 Å². The molecule has 0 aliphatic heterocycles. The second-order valence-corrected chi connectivity index (χ2v) is 5.39. The fourth-order valence-corrected chi connectivity index (χ4v) is 2.33. The van der Waals surface area contributed by atoms with Crippen molar-refractivity contribution in [2.24, 2.45) is 27.2 Å². The molecule has 23 heavy (non-hydrogen) atoms. The van der Waals surface area contributed by atoms with Crippen LogP contribution in [0.5, 0.6) is 0 Å². The van der Waals surface area contributed by atoms with Gasteiger partial charge in [-0.25, -0.2) is 4.99 Å². The number of aromatic nitrogens is 2. The zero-order chi connectivity index (χ0) is 16.8. The fourth-order valence-electron chi connectivity index (χ4n) is 1.66. The average molecular weight is 332 g/mol. The summed E-state index contributed by atoms with van der Waals surface area (Å²) in [6.45, 7) is 1.96. The number of rotatable bonds is 4. The summed E-state index contributed by atoms with van der Waals surface area (Å²) in [5.74, 6) is -0.732. The van der Waals surface area contributed by atoms with Crippen molar-refractivity contribution in [2.45, 2.75) is 13.3 Å². The van der Waals surface area contributed by atoms with Crippen molar-refractivity contribution in [1.29, 1.82) is 0 Å². The number of guanidine groups is 2. The maximum absolute atomic E-state index is 12.4. The summed E-state index contributed by atoms with van der Waals surface area (Å²) in [4.78, 5) is 20.0. The Bertz CT molecular complexity index is 763. The lowest BCUT2D eigenvalue weighted by atomic mass is 10.1. The van der Waals surface area contributed by atoms with Gasteiger partial charge in [-0.05, 0) is 18.6 Å². The summed E-state index contributed by atoms with van der Waals surface area (Å²) in [7, 11) is 0. The summed E-state index contributed by atoms with van der Waals surface area (Å²) in [5, 5.41) is 11.8. The number of para-hydroxylation sites is 1. The number of benzene rings is 1. The number of amides is 1. The van der Waals surface area contributed by atoms with E-state index in [0.717, 1.165) is 11.4 Å². The van der Waals surface area contributed by atoms with Crippen LogP contribution in [0.25, 0.3) is 0 Å². The summed E-state index contributed by atoms with van der Waals surface area (Å²) >= 11 is 1.31. The van der Waals surface area contributed by atoms with Crippen LogP contribution in [0, 0.1) is 0 Å². The first-order valence-corrected chi connectivity index (χ1v) is 7.47. The smallest absolute Gasteiger partial charge is 0.259 e. The Morgan fingerprint density at radius 3 is 2.65 bits per heavy atom. The molecule has 0 aliphatic carbocycles. The van der Waals surface area contributed by atoms with Gasteiger partial charge in [0.25, 0.3) is 5.91 Å². The lowest BCUT2D eigenvalue weighted by Gasteiger charge is -2.05. The third kappa shape index (κ3) is 4.48. The first-order valence-electron chi connectivity index (χ1n) is 6.66. The van der Waals surface area contributed by atoms with Crippen LogP contribution < -0.4 is 22.5 Å². The number of carbonyl (C=O) groups is 1. The Morgan fingerprint density at radius 1 is 1.26 bits per heavy atom. The molecule has 1 amide bonds. The van der Waals surface area contributed by atoms with Gasteiger partial charge in [-0.15, -0.1) is 10.2 Å². The van der Waals surface area contributed by atoms with Crippen molar-refractivity contribution in [3.8, 4) is 0 Å². The van der Waals surface area contributed by atoms with E-state index in [1.807, 2.05) is 6.92 Å². The highest BCUT2D eigenvalue weighted by atomic mass is 32.1. The van der Waals surface area contributed by atoms with Crippen LogP contribution in [0.3, 0.4) is 0 Å². The lowest BCUT2D eigenvalue weighted by molar-refractivity contribution is 0.102. The second kappa shape index (κ2) is 7.31. The van der Waals surface area contributed by atoms with Gasteiger partial charge in [-0.2, -0.15) is 4.99 Å². The number of carbonyl (C=O) groups excluding carboxylic acids is 1. The van der Waals surface area contributed by atoms with Gasteiger partial charge in [-0.1, -0.05) is 30.4 Å². The van der Waals surface area contributed by atoms with Crippen LogP contribution in [0.2, 0.25) is 0 Å². The zero-order valence-corrected chi connectivity index (χ0v) is 13.2. The van der Waals surface area contributed by atoms with Crippen LogP contribution in [-0.4, -0.2) is 28.0 Å². The minimum Gasteiger partial charge on any atom is -0.370 e. The molecule has 1 aromatic carbocycles. The molecule has 120 valence electrons. The monoisotopic (exact) mass is 332 g/mol. The van der Waals surface area contributed by atoms with Crippen molar-refractivity contribution in [3.05, 3.63) is 34.8 Å². The summed E-state index contributed by atoms with van der Waals surface area (Å²) in [5.41, 5.74) is 16.7. The van der Waals surface area contributed by atoms with Crippen molar-refractivity contribution < 1.29 is 4.79 Å². The maximum atomic E-state index is 12.4. The van der Waals surface area contributed by atoms with Crippen LogP contribution in [0.1, 0.15) is 22.3 Å². The number of nitrogens with zero attached hydrogens (tertiary/aromatic N) is 4. The number of anilines is 1. The van der Waals surface area contributed by atoms with E-state index in [1.54, 1.807) is 24.3 Å². The van der Waals surface area contributed by atoms with Gasteiger partial charge in [-0.3, -0.25) is 10.1 Å². The van der Waals surface area contributed by atoms with E-state index in [4.69, 9.17) is 17.2 Å². The van der Waals surface area contributed by atoms with Crippen molar-refractivity contribution >= 4 is 40.0 Å². The van der Waals surface area contributed by atoms with E-state index in [1.165, 1.54) is 11.3 Å². The standard InChI is InChI=1S/C13H16N8OS/c1-2-9-20-21-13(23-9)18-10(22)7-5-3-4-6-8(7)17-12(16)19-11(14)15/h3-6H,2H2,1H3,(H,18,21,22)(H6,14,15,16,17,19). The van der Waals surface area contributed by atoms with E-state index < -0.39 is 0 Å². The quantitative estimate of drug-likeness (QED) is 0.473. The maximum Gasteiger partial charge on any atom is 0.259 e. The molecule has 0 aliphatic rings. The minimum absolute atomic E-state index is 0.144. The number of aliphatic imine (C=N–C) groups is 2.